The van der Waals surface area contributed by atoms with E-state index in [1.807, 2.05) is 0 Å². The second-order valence-electron chi connectivity index (χ2n) is 3.99. The number of nitrogens with two attached hydrogens (primary N) is 1. The highest BCUT2D eigenvalue weighted by Gasteiger charge is 2.20. The van der Waals surface area contributed by atoms with Crippen molar-refractivity contribution in [3.63, 3.8) is 0 Å². The molecule has 0 saturated heterocycles. The summed E-state index contributed by atoms with van der Waals surface area (Å²) in [5, 5.41) is 7.39. The van der Waals surface area contributed by atoms with E-state index in [2.05, 4.69) is 30.8 Å². The van der Waals surface area contributed by atoms with E-state index in [0.717, 1.165) is 12.1 Å². The lowest BCUT2D eigenvalue weighted by atomic mass is 10.3. The highest BCUT2D eigenvalue weighted by molar-refractivity contribution is 9.10. The molecular weight excluding hydrogens is 353 g/mol. The van der Waals surface area contributed by atoms with Gasteiger partial charge in [0.15, 0.2) is 0 Å². The molecule has 7 nitrogen and oxygen atoms in total. The van der Waals surface area contributed by atoms with Gasteiger partial charge in [-0.25, -0.2) is 17.5 Å². The van der Waals surface area contributed by atoms with Crippen LogP contribution in [0.2, 0.25) is 0 Å². The minimum atomic E-state index is -3.88. The van der Waals surface area contributed by atoms with Gasteiger partial charge in [0.2, 0.25) is 10.0 Å². The van der Waals surface area contributed by atoms with Crippen LogP contribution in [0.3, 0.4) is 0 Å². The minimum absolute atomic E-state index is 0.0192. The number of aryl methyl sites for hydroxylation is 1. The number of rotatable bonds is 4. The normalized spacial score (nSPS) is 11.8. The molecule has 10 heteroatoms. The van der Waals surface area contributed by atoms with Crippen molar-refractivity contribution >= 4 is 31.6 Å². The Kier molecular flexibility index (Phi) is 4.06. The average Bonchev–Trinajstić information content (AvgIpc) is 2.77. The second kappa shape index (κ2) is 5.46. The van der Waals surface area contributed by atoms with Gasteiger partial charge in [0.25, 0.3) is 0 Å². The maximum Gasteiger partial charge on any atom is 0.243 e. The molecule has 1 aromatic heterocycles. The summed E-state index contributed by atoms with van der Waals surface area (Å²) in [4.78, 5) is -0.201. The van der Waals surface area contributed by atoms with Gasteiger partial charge in [-0.15, -0.1) is 10.2 Å². The summed E-state index contributed by atoms with van der Waals surface area (Å²) in [6.45, 7) is -0.0483. The number of nitrogens with zero attached hydrogens (tertiary/aromatic N) is 3. The van der Waals surface area contributed by atoms with Gasteiger partial charge in [-0.05, 0) is 28.1 Å². The zero-order valence-electron chi connectivity index (χ0n) is 10.3. The van der Waals surface area contributed by atoms with Crippen LogP contribution in [0.25, 0.3) is 0 Å². The average molecular weight is 364 g/mol. The van der Waals surface area contributed by atoms with Crippen LogP contribution < -0.4 is 10.5 Å². The molecule has 0 saturated carbocycles. The third-order valence-electron chi connectivity index (χ3n) is 2.57. The van der Waals surface area contributed by atoms with Crippen molar-refractivity contribution in [2.75, 3.05) is 5.73 Å². The molecule has 108 valence electrons. The lowest BCUT2D eigenvalue weighted by Crippen LogP contribution is -2.25. The molecule has 0 aliphatic carbocycles. The van der Waals surface area contributed by atoms with Crippen LogP contribution in [-0.4, -0.2) is 23.2 Å². The van der Waals surface area contributed by atoms with Gasteiger partial charge < -0.3 is 10.3 Å². The third kappa shape index (κ3) is 2.97. The first-order valence-corrected chi connectivity index (χ1v) is 7.66. The van der Waals surface area contributed by atoms with E-state index in [0.29, 0.717) is 5.82 Å². The van der Waals surface area contributed by atoms with E-state index < -0.39 is 15.8 Å². The topological polar surface area (TPSA) is 103 Å². The van der Waals surface area contributed by atoms with Crippen molar-refractivity contribution in [1.29, 1.82) is 0 Å². The molecule has 2 aromatic rings. The Morgan fingerprint density at radius 2 is 2.20 bits per heavy atom. The van der Waals surface area contributed by atoms with Crippen molar-refractivity contribution in [3.8, 4) is 0 Å². The van der Waals surface area contributed by atoms with Gasteiger partial charge in [0.1, 0.15) is 22.9 Å². The summed E-state index contributed by atoms with van der Waals surface area (Å²) < 4.78 is 41.4. The van der Waals surface area contributed by atoms with E-state index in [1.54, 1.807) is 11.6 Å². The third-order valence-corrected chi connectivity index (χ3v) is 4.63. The van der Waals surface area contributed by atoms with Gasteiger partial charge in [-0.1, -0.05) is 0 Å². The summed E-state index contributed by atoms with van der Waals surface area (Å²) in [7, 11) is -2.19. The number of aromatic nitrogens is 3. The maximum atomic E-state index is 13.2. The largest absolute Gasteiger partial charge is 0.398 e. The molecule has 2 rings (SSSR count). The van der Waals surface area contributed by atoms with Crippen LogP contribution in [0.1, 0.15) is 5.82 Å². The van der Waals surface area contributed by atoms with Crippen molar-refractivity contribution in [1.82, 2.24) is 19.5 Å². The highest BCUT2D eigenvalue weighted by Crippen LogP contribution is 2.26. The van der Waals surface area contributed by atoms with Crippen LogP contribution in [0.15, 0.2) is 27.8 Å². The molecule has 0 aliphatic rings. The van der Waals surface area contributed by atoms with Crippen LogP contribution in [0, 0.1) is 5.82 Å². The Bertz CT molecular complexity index is 746. The van der Waals surface area contributed by atoms with Gasteiger partial charge in [-0.3, -0.25) is 0 Å². The molecule has 0 radical (unpaired) electrons. The van der Waals surface area contributed by atoms with Gasteiger partial charge in [0.05, 0.1) is 16.7 Å². The van der Waals surface area contributed by atoms with E-state index in [9.17, 15) is 12.8 Å². The molecule has 1 aromatic carbocycles. The minimum Gasteiger partial charge on any atom is -0.398 e. The summed E-state index contributed by atoms with van der Waals surface area (Å²) >= 11 is 2.92. The Labute approximate surface area is 123 Å². The fourth-order valence-corrected chi connectivity index (χ4v) is 3.09. The number of hydrogen-bond acceptors (Lipinski definition) is 5. The van der Waals surface area contributed by atoms with Crippen molar-refractivity contribution < 1.29 is 12.8 Å². The molecule has 1 heterocycles. The fraction of sp³-hybridized carbons (Fsp3) is 0.200. The van der Waals surface area contributed by atoms with E-state index in [4.69, 9.17) is 5.73 Å². The first-order valence-electron chi connectivity index (χ1n) is 5.38. The molecule has 0 amide bonds. The number of anilines is 1. The van der Waals surface area contributed by atoms with Crippen LogP contribution in [0.5, 0.6) is 0 Å². The quantitative estimate of drug-likeness (QED) is 0.781. The lowest BCUT2D eigenvalue weighted by Gasteiger charge is -2.09. The molecular formula is C10H11BrFN5O2S. The van der Waals surface area contributed by atoms with Crippen LogP contribution in [0.4, 0.5) is 10.1 Å². The monoisotopic (exact) mass is 363 g/mol. The summed E-state index contributed by atoms with van der Waals surface area (Å²) in [5.41, 5.74) is 5.37. The SMILES string of the molecule is Cn1cnnc1CNS(=O)(=O)c1cc(Br)c(F)cc1N. The first kappa shape index (κ1) is 14.9. The number of benzene rings is 1. The summed E-state index contributed by atoms with van der Waals surface area (Å²) in [6, 6.07) is 2.06. The Morgan fingerprint density at radius 3 is 2.80 bits per heavy atom. The standard InChI is InChI=1S/C10H11BrFN5O2S/c1-17-5-14-16-10(17)4-15-20(18,19)9-2-6(11)7(12)3-8(9)13/h2-3,5,15H,4,13H2,1H3. The molecule has 0 fully saturated rings. The van der Waals surface area contributed by atoms with E-state index in [1.165, 1.54) is 6.33 Å². The molecule has 0 bridgehead atoms. The number of sulfonamides is 1. The smallest absolute Gasteiger partial charge is 0.243 e. The van der Waals surface area contributed by atoms with Gasteiger partial charge in [-0.2, -0.15) is 0 Å². The zero-order chi connectivity index (χ0) is 14.9. The fourth-order valence-electron chi connectivity index (χ4n) is 1.48. The Balaban J connectivity index is 2.27. The van der Waals surface area contributed by atoms with Gasteiger partial charge >= 0.3 is 0 Å². The molecule has 0 atom stereocenters. The van der Waals surface area contributed by atoms with Crippen LogP contribution in [-0.2, 0) is 23.6 Å². The maximum absolute atomic E-state index is 13.2. The van der Waals surface area contributed by atoms with Crippen molar-refractivity contribution in [3.05, 3.63) is 34.6 Å². The van der Waals surface area contributed by atoms with Crippen molar-refractivity contribution in [2.45, 2.75) is 11.4 Å². The zero-order valence-corrected chi connectivity index (χ0v) is 12.7. The molecule has 20 heavy (non-hydrogen) atoms. The predicted octanol–water partition coefficient (Wildman–Crippen LogP) is 0.777. The first-order chi connectivity index (χ1) is 9.31. The predicted molar refractivity (Wildman–Crippen MR) is 73.5 cm³/mol. The number of nitrogen functional groups attached to an aromatic ring is 1. The van der Waals surface area contributed by atoms with Crippen molar-refractivity contribution in [2.24, 2.45) is 7.05 Å². The van der Waals surface area contributed by atoms with Gasteiger partial charge in [0, 0.05) is 7.05 Å². The molecule has 3 N–H and O–H groups in total. The highest BCUT2D eigenvalue weighted by atomic mass is 79.9. The molecule has 0 spiro atoms. The number of halogens is 2. The van der Waals surface area contributed by atoms with E-state index >= 15 is 0 Å². The Morgan fingerprint density at radius 1 is 1.50 bits per heavy atom. The second-order valence-corrected chi connectivity index (χ2v) is 6.58. The number of hydrogen-bond donors (Lipinski definition) is 2. The van der Waals surface area contributed by atoms with Crippen LogP contribution >= 0.6 is 15.9 Å². The summed E-state index contributed by atoms with van der Waals surface area (Å²) in [5.74, 6) is -0.192. The van der Waals surface area contributed by atoms with E-state index in [-0.39, 0.29) is 21.6 Å². The molecule has 0 aliphatic heterocycles. The summed E-state index contributed by atoms with van der Waals surface area (Å²) in [6.07, 6.45) is 1.45. The lowest BCUT2D eigenvalue weighted by molar-refractivity contribution is 0.576. The molecule has 0 unspecified atom stereocenters. The number of nitrogens with one attached hydrogen (secondary N) is 1. The Hall–Kier alpha value is -1.52.